The Morgan fingerprint density at radius 3 is 2.40 bits per heavy atom. The van der Waals surface area contributed by atoms with Crippen molar-refractivity contribution >= 4 is 20.9 Å². The van der Waals surface area contributed by atoms with Crippen LogP contribution in [0.15, 0.2) is 41.3 Å². The first-order chi connectivity index (χ1) is 9.00. The molecule has 0 spiro atoms. The van der Waals surface area contributed by atoms with Crippen LogP contribution in [-0.2, 0) is 10.1 Å². The number of ether oxygens (including phenoxy) is 1. The third-order valence-corrected chi connectivity index (χ3v) is 3.67. The third kappa shape index (κ3) is 4.46. The second-order valence-electron chi connectivity index (χ2n) is 4.33. The standard InChI is InChI=1S/C14H16O4S.Na/c1-2-3-8-18-13-6-4-12-10-14(19(15,16)17)7-5-11(12)9-13;/h4-7,9-10H,2-3,8H2,1H3,(H,15,16,17);/q;+1/p-1. The molecule has 0 N–H and O–H groups in total. The summed E-state index contributed by atoms with van der Waals surface area (Å²) in [7, 11) is -4.40. The average Bonchev–Trinajstić information content (AvgIpc) is 2.37. The van der Waals surface area contributed by atoms with Crippen LogP contribution in [0.5, 0.6) is 5.75 Å². The van der Waals surface area contributed by atoms with E-state index in [2.05, 4.69) is 6.92 Å². The van der Waals surface area contributed by atoms with E-state index in [1.807, 2.05) is 6.07 Å². The maximum atomic E-state index is 10.9. The normalized spacial score (nSPS) is 11.1. The number of benzene rings is 2. The molecular formula is C14H15NaO4S. The largest absolute Gasteiger partial charge is 1.00 e. The second kappa shape index (κ2) is 7.43. The van der Waals surface area contributed by atoms with E-state index in [9.17, 15) is 13.0 Å². The van der Waals surface area contributed by atoms with E-state index >= 15 is 0 Å². The zero-order valence-corrected chi connectivity index (χ0v) is 14.4. The van der Waals surface area contributed by atoms with Gasteiger partial charge in [-0.25, -0.2) is 8.42 Å². The van der Waals surface area contributed by atoms with Crippen molar-refractivity contribution in [1.82, 2.24) is 0 Å². The zero-order chi connectivity index (χ0) is 13.9. The molecule has 0 saturated heterocycles. The zero-order valence-electron chi connectivity index (χ0n) is 11.6. The molecule has 2 aromatic rings. The molecule has 0 aromatic heterocycles. The van der Waals surface area contributed by atoms with Crippen molar-refractivity contribution in [3.8, 4) is 5.75 Å². The monoisotopic (exact) mass is 302 g/mol. The first kappa shape index (κ1) is 17.5. The van der Waals surface area contributed by atoms with E-state index in [1.54, 1.807) is 18.2 Å². The topological polar surface area (TPSA) is 66.4 Å². The van der Waals surface area contributed by atoms with E-state index in [0.717, 1.165) is 24.0 Å². The van der Waals surface area contributed by atoms with Gasteiger partial charge >= 0.3 is 29.6 Å². The summed E-state index contributed by atoms with van der Waals surface area (Å²) < 4.78 is 38.4. The van der Waals surface area contributed by atoms with Crippen molar-refractivity contribution in [2.24, 2.45) is 0 Å². The fourth-order valence-electron chi connectivity index (χ4n) is 1.78. The van der Waals surface area contributed by atoms with Gasteiger partial charge in [0.25, 0.3) is 0 Å². The summed E-state index contributed by atoms with van der Waals surface area (Å²) >= 11 is 0. The van der Waals surface area contributed by atoms with Gasteiger partial charge in [-0.1, -0.05) is 25.5 Å². The Morgan fingerprint density at radius 1 is 1.10 bits per heavy atom. The van der Waals surface area contributed by atoms with E-state index in [0.29, 0.717) is 12.0 Å². The van der Waals surface area contributed by atoms with Crippen molar-refractivity contribution in [3.05, 3.63) is 36.4 Å². The van der Waals surface area contributed by atoms with Crippen LogP contribution in [0.3, 0.4) is 0 Å². The summed E-state index contributed by atoms with van der Waals surface area (Å²) in [4.78, 5) is -0.209. The molecule has 6 heteroatoms. The molecular weight excluding hydrogens is 287 g/mol. The van der Waals surface area contributed by atoms with Gasteiger partial charge in [-0.2, -0.15) is 0 Å². The van der Waals surface area contributed by atoms with Crippen molar-refractivity contribution in [1.29, 1.82) is 0 Å². The fourth-order valence-corrected chi connectivity index (χ4v) is 2.29. The van der Waals surface area contributed by atoms with Crippen LogP contribution in [0.1, 0.15) is 19.8 Å². The van der Waals surface area contributed by atoms with Crippen LogP contribution in [0.25, 0.3) is 10.8 Å². The number of hydrogen-bond acceptors (Lipinski definition) is 4. The smallest absolute Gasteiger partial charge is 0.744 e. The summed E-state index contributed by atoms with van der Waals surface area (Å²) in [5, 5.41) is 1.56. The Balaban J connectivity index is 0.00000200. The van der Waals surface area contributed by atoms with Gasteiger partial charge in [0.2, 0.25) is 0 Å². The third-order valence-electron chi connectivity index (χ3n) is 2.84. The number of rotatable bonds is 5. The van der Waals surface area contributed by atoms with Gasteiger partial charge in [-0.3, -0.25) is 0 Å². The van der Waals surface area contributed by atoms with Crippen LogP contribution in [0.4, 0.5) is 0 Å². The average molecular weight is 302 g/mol. The molecule has 0 aliphatic carbocycles. The molecule has 0 radical (unpaired) electrons. The molecule has 0 aliphatic heterocycles. The van der Waals surface area contributed by atoms with Crippen molar-refractivity contribution in [3.63, 3.8) is 0 Å². The van der Waals surface area contributed by atoms with Crippen molar-refractivity contribution in [2.45, 2.75) is 24.7 Å². The van der Waals surface area contributed by atoms with E-state index in [4.69, 9.17) is 4.74 Å². The molecule has 20 heavy (non-hydrogen) atoms. The molecule has 0 saturated carbocycles. The molecule has 0 fully saturated rings. The van der Waals surface area contributed by atoms with Crippen LogP contribution in [-0.4, -0.2) is 19.6 Å². The van der Waals surface area contributed by atoms with Crippen LogP contribution in [0, 0.1) is 0 Å². The summed E-state index contributed by atoms with van der Waals surface area (Å²) in [6.07, 6.45) is 2.06. The van der Waals surface area contributed by atoms with Crippen molar-refractivity contribution in [2.75, 3.05) is 6.61 Å². The summed E-state index contributed by atoms with van der Waals surface area (Å²) in [6.45, 7) is 2.75. The molecule has 0 aliphatic rings. The van der Waals surface area contributed by atoms with Crippen LogP contribution < -0.4 is 34.3 Å². The SMILES string of the molecule is CCCCOc1ccc2cc(S(=O)(=O)[O-])ccc2c1.[Na+]. The van der Waals surface area contributed by atoms with E-state index < -0.39 is 10.1 Å². The maximum absolute atomic E-state index is 10.9. The molecule has 2 aromatic carbocycles. The summed E-state index contributed by atoms with van der Waals surface area (Å²) in [6, 6.07) is 9.69. The number of fused-ring (bicyclic) bond motifs is 1. The van der Waals surface area contributed by atoms with Gasteiger partial charge < -0.3 is 9.29 Å². The molecule has 0 heterocycles. The molecule has 0 unspecified atom stereocenters. The predicted octanol–water partition coefficient (Wildman–Crippen LogP) is -0.0732. The van der Waals surface area contributed by atoms with Crippen LogP contribution in [0.2, 0.25) is 0 Å². The quantitative estimate of drug-likeness (QED) is 0.440. The Bertz CT molecular complexity index is 683. The van der Waals surface area contributed by atoms with Gasteiger partial charge in [0.15, 0.2) is 0 Å². The maximum Gasteiger partial charge on any atom is 1.00 e. The second-order valence-corrected chi connectivity index (χ2v) is 5.71. The minimum atomic E-state index is -4.40. The fraction of sp³-hybridized carbons (Fsp3) is 0.286. The molecule has 102 valence electrons. The number of unbranched alkanes of at least 4 members (excludes halogenated alkanes) is 1. The molecule has 2 rings (SSSR count). The first-order valence-electron chi connectivity index (χ1n) is 6.13. The van der Waals surface area contributed by atoms with Crippen molar-refractivity contribution < 1.29 is 47.3 Å². The van der Waals surface area contributed by atoms with Gasteiger partial charge in [-0.05, 0) is 41.5 Å². The van der Waals surface area contributed by atoms with Crippen LogP contribution >= 0.6 is 0 Å². The predicted molar refractivity (Wildman–Crippen MR) is 72.3 cm³/mol. The Hall–Kier alpha value is -0.590. The Labute approximate surface area is 141 Å². The summed E-state index contributed by atoms with van der Waals surface area (Å²) in [5.74, 6) is 0.749. The van der Waals surface area contributed by atoms with E-state index in [1.165, 1.54) is 12.1 Å². The van der Waals surface area contributed by atoms with Gasteiger partial charge in [-0.15, -0.1) is 0 Å². The molecule has 0 atom stereocenters. The minimum Gasteiger partial charge on any atom is -0.744 e. The Kier molecular flexibility index (Phi) is 6.48. The summed E-state index contributed by atoms with van der Waals surface area (Å²) in [5.41, 5.74) is 0. The van der Waals surface area contributed by atoms with Gasteiger partial charge in [0, 0.05) is 0 Å². The number of hydrogen-bond donors (Lipinski definition) is 0. The molecule has 0 bridgehead atoms. The van der Waals surface area contributed by atoms with Gasteiger partial charge in [0.05, 0.1) is 11.5 Å². The first-order valence-corrected chi connectivity index (χ1v) is 7.54. The molecule has 4 nitrogen and oxygen atoms in total. The molecule has 0 amide bonds. The minimum absolute atomic E-state index is 0. The van der Waals surface area contributed by atoms with E-state index in [-0.39, 0.29) is 34.5 Å². The Morgan fingerprint density at radius 2 is 1.75 bits per heavy atom. The van der Waals surface area contributed by atoms with Gasteiger partial charge in [0.1, 0.15) is 15.9 Å².